The molecule has 3 atom stereocenters. The second kappa shape index (κ2) is 5.25. The fourth-order valence-corrected chi connectivity index (χ4v) is 4.99. The first-order valence-electron chi connectivity index (χ1n) is 5.12. The summed E-state index contributed by atoms with van der Waals surface area (Å²) in [6.07, 6.45) is 0.520. The number of hydrogen-bond acceptors (Lipinski definition) is 5. The maximum Gasteiger partial charge on any atom is 0.322 e. The summed E-state index contributed by atoms with van der Waals surface area (Å²) in [6.45, 7) is 3.06. The number of sulfonamides is 1. The minimum Gasteiger partial charge on any atom is -0.480 e. The normalized spacial score (nSPS) is 27.6. The van der Waals surface area contributed by atoms with E-state index in [-0.39, 0.29) is 5.75 Å². The summed E-state index contributed by atoms with van der Waals surface area (Å²) in [6, 6.07) is 0.590. The molecule has 0 radical (unpaired) electrons. The van der Waals surface area contributed by atoms with Gasteiger partial charge >= 0.3 is 5.97 Å². The minimum atomic E-state index is -3.87. The number of nitrogens with zero attached hydrogens (tertiary/aromatic N) is 2. The van der Waals surface area contributed by atoms with Gasteiger partial charge in [-0.3, -0.25) is 4.79 Å². The van der Waals surface area contributed by atoms with Gasteiger partial charge in [0.2, 0.25) is 10.0 Å². The highest BCUT2D eigenvalue weighted by Crippen LogP contribution is 2.35. The molecule has 0 aromatic heterocycles. The van der Waals surface area contributed by atoms with Crippen molar-refractivity contribution in [2.24, 2.45) is 0 Å². The molecule has 1 aliphatic heterocycles. The largest absolute Gasteiger partial charge is 0.480 e. The molecule has 96 valence electrons. The fourth-order valence-electron chi connectivity index (χ4n) is 1.62. The number of carboxylic acid groups (broad SMARTS) is 1. The Bertz CT molecular complexity index is 442. The van der Waals surface area contributed by atoms with Gasteiger partial charge in [-0.2, -0.15) is 9.57 Å². The average Bonchev–Trinajstić information content (AvgIpc) is 2.71. The maximum atomic E-state index is 12.1. The first-order valence-corrected chi connectivity index (χ1v) is 7.67. The van der Waals surface area contributed by atoms with Crippen LogP contribution >= 0.6 is 11.8 Å². The summed E-state index contributed by atoms with van der Waals surface area (Å²) < 4.78 is 25.1. The van der Waals surface area contributed by atoms with Crippen molar-refractivity contribution in [1.29, 1.82) is 5.26 Å². The van der Waals surface area contributed by atoms with Crippen LogP contribution in [0.25, 0.3) is 0 Å². The highest BCUT2D eigenvalue weighted by molar-refractivity contribution is 8.01. The van der Waals surface area contributed by atoms with Gasteiger partial charge in [0.15, 0.2) is 5.25 Å². The molecule has 1 heterocycles. The van der Waals surface area contributed by atoms with Gasteiger partial charge in [-0.15, -0.1) is 11.8 Å². The van der Waals surface area contributed by atoms with E-state index in [0.29, 0.717) is 6.42 Å². The lowest BCUT2D eigenvalue weighted by Crippen LogP contribution is -2.48. The Labute approximate surface area is 105 Å². The molecule has 0 aliphatic carbocycles. The third-order valence-electron chi connectivity index (χ3n) is 2.59. The predicted octanol–water partition coefficient (Wildman–Crippen LogP) is 0.466. The minimum absolute atomic E-state index is 0.227. The molecule has 8 heteroatoms. The highest BCUT2D eigenvalue weighted by atomic mass is 32.2. The van der Waals surface area contributed by atoms with Crippen molar-refractivity contribution in [2.75, 3.05) is 5.75 Å². The van der Waals surface area contributed by atoms with Crippen LogP contribution < -0.4 is 0 Å². The van der Waals surface area contributed by atoms with E-state index in [4.69, 9.17) is 10.4 Å². The number of carbonyl (C=O) groups is 1. The number of aliphatic carboxylic acids is 1. The first kappa shape index (κ1) is 14.3. The molecule has 0 aromatic carbocycles. The van der Waals surface area contributed by atoms with Gasteiger partial charge in [-0.25, -0.2) is 8.42 Å². The fraction of sp³-hybridized carbons (Fsp3) is 0.778. The topological polar surface area (TPSA) is 98.5 Å². The standard InChI is InChI=1S/C9H14N2O4S2/c1-3-8-11(7(5-16-8)9(12)13)17(14,15)6(2)4-10/h6-8H,3,5H2,1-2H3,(H,12,13). The molecule has 0 saturated carbocycles. The summed E-state index contributed by atoms with van der Waals surface area (Å²) in [7, 11) is -3.87. The Morgan fingerprint density at radius 2 is 2.29 bits per heavy atom. The molecule has 0 bridgehead atoms. The lowest BCUT2D eigenvalue weighted by atomic mass is 10.3. The first-order chi connectivity index (χ1) is 7.86. The van der Waals surface area contributed by atoms with Crippen molar-refractivity contribution in [1.82, 2.24) is 4.31 Å². The molecule has 1 N–H and O–H groups in total. The molecule has 1 fully saturated rings. The smallest absolute Gasteiger partial charge is 0.322 e. The van der Waals surface area contributed by atoms with Crippen LogP contribution in [0.4, 0.5) is 0 Å². The lowest BCUT2D eigenvalue weighted by Gasteiger charge is -2.26. The van der Waals surface area contributed by atoms with E-state index in [0.717, 1.165) is 4.31 Å². The van der Waals surface area contributed by atoms with Crippen molar-refractivity contribution in [3.63, 3.8) is 0 Å². The Balaban J connectivity index is 3.14. The van der Waals surface area contributed by atoms with E-state index < -0.39 is 32.7 Å². The van der Waals surface area contributed by atoms with E-state index in [1.807, 2.05) is 0 Å². The molecule has 0 amide bonds. The average molecular weight is 278 g/mol. The molecule has 6 nitrogen and oxygen atoms in total. The van der Waals surface area contributed by atoms with Crippen LogP contribution in [0, 0.1) is 11.3 Å². The van der Waals surface area contributed by atoms with Gasteiger partial charge in [0.05, 0.1) is 11.4 Å². The van der Waals surface area contributed by atoms with E-state index in [2.05, 4.69) is 0 Å². The number of thioether (sulfide) groups is 1. The van der Waals surface area contributed by atoms with E-state index >= 15 is 0 Å². The van der Waals surface area contributed by atoms with Gasteiger partial charge in [-0.1, -0.05) is 6.92 Å². The maximum absolute atomic E-state index is 12.1. The molecule has 0 aromatic rings. The van der Waals surface area contributed by atoms with Crippen LogP contribution in [0.3, 0.4) is 0 Å². The van der Waals surface area contributed by atoms with Crippen molar-refractivity contribution in [2.45, 2.75) is 36.9 Å². The van der Waals surface area contributed by atoms with Crippen LogP contribution in [0.15, 0.2) is 0 Å². The lowest BCUT2D eigenvalue weighted by molar-refractivity contribution is -0.140. The van der Waals surface area contributed by atoms with Crippen molar-refractivity contribution < 1.29 is 18.3 Å². The monoisotopic (exact) mass is 278 g/mol. The number of rotatable bonds is 4. The van der Waals surface area contributed by atoms with Crippen LogP contribution in [0.5, 0.6) is 0 Å². The van der Waals surface area contributed by atoms with E-state index in [9.17, 15) is 13.2 Å². The summed E-state index contributed by atoms with van der Waals surface area (Å²) >= 11 is 1.30. The molecule has 1 saturated heterocycles. The molecule has 1 rings (SSSR count). The molecular formula is C9H14N2O4S2. The van der Waals surface area contributed by atoms with Crippen LogP contribution in [0.1, 0.15) is 20.3 Å². The molecule has 17 heavy (non-hydrogen) atoms. The third-order valence-corrected chi connectivity index (χ3v) is 6.28. The van der Waals surface area contributed by atoms with Crippen molar-refractivity contribution in [3.05, 3.63) is 0 Å². The summed E-state index contributed by atoms with van der Waals surface area (Å²) in [5.41, 5.74) is 0. The predicted molar refractivity (Wildman–Crippen MR) is 63.8 cm³/mol. The third kappa shape index (κ3) is 2.56. The molecule has 0 spiro atoms. The Morgan fingerprint density at radius 3 is 2.71 bits per heavy atom. The van der Waals surface area contributed by atoms with Gasteiger partial charge in [0.25, 0.3) is 0 Å². The Hall–Kier alpha value is -0.780. The quantitative estimate of drug-likeness (QED) is 0.802. The van der Waals surface area contributed by atoms with E-state index in [1.54, 1.807) is 13.0 Å². The molecule has 3 unspecified atom stereocenters. The summed E-state index contributed by atoms with van der Waals surface area (Å²) in [4.78, 5) is 11.0. The second-order valence-corrected chi connectivity index (χ2v) is 7.07. The van der Waals surface area contributed by atoms with Crippen molar-refractivity contribution in [3.8, 4) is 6.07 Å². The Kier molecular flexibility index (Phi) is 4.41. The van der Waals surface area contributed by atoms with Crippen LogP contribution in [-0.4, -0.2) is 46.2 Å². The SMILES string of the molecule is CCC1SCC(C(=O)O)N1S(=O)(=O)C(C)C#N. The van der Waals surface area contributed by atoms with Crippen LogP contribution in [-0.2, 0) is 14.8 Å². The molecule has 1 aliphatic rings. The van der Waals surface area contributed by atoms with Gasteiger partial charge in [0.1, 0.15) is 6.04 Å². The number of hydrogen-bond donors (Lipinski definition) is 1. The second-order valence-electron chi connectivity index (χ2n) is 3.70. The number of carboxylic acids is 1. The van der Waals surface area contributed by atoms with Crippen LogP contribution in [0.2, 0.25) is 0 Å². The zero-order valence-corrected chi connectivity index (χ0v) is 11.2. The summed E-state index contributed by atoms with van der Waals surface area (Å²) in [5, 5.41) is 16.1. The Morgan fingerprint density at radius 1 is 1.71 bits per heavy atom. The number of nitriles is 1. The zero-order chi connectivity index (χ0) is 13.2. The zero-order valence-electron chi connectivity index (χ0n) is 9.53. The van der Waals surface area contributed by atoms with Gasteiger partial charge in [-0.05, 0) is 13.3 Å². The van der Waals surface area contributed by atoms with Gasteiger partial charge < -0.3 is 5.11 Å². The van der Waals surface area contributed by atoms with E-state index in [1.165, 1.54) is 18.7 Å². The van der Waals surface area contributed by atoms with Crippen molar-refractivity contribution >= 4 is 27.8 Å². The molecular weight excluding hydrogens is 264 g/mol. The van der Waals surface area contributed by atoms with Gasteiger partial charge in [0, 0.05) is 5.75 Å². The summed E-state index contributed by atoms with van der Waals surface area (Å²) in [5.74, 6) is -0.937. The highest BCUT2D eigenvalue weighted by Gasteiger charge is 2.46.